The summed E-state index contributed by atoms with van der Waals surface area (Å²) in [5.74, 6) is 0.783. The van der Waals surface area contributed by atoms with Crippen LogP contribution in [-0.4, -0.2) is 29.5 Å². The average molecular weight is 237 g/mol. The summed E-state index contributed by atoms with van der Waals surface area (Å²) in [6, 6.07) is 5.94. The Kier molecular flexibility index (Phi) is 3.99. The van der Waals surface area contributed by atoms with Crippen molar-refractivity contribution in [3.63, 3.8) is 0 Å². The van der Waals surface area contributed by atoms with Crippen LogP contribution < -0.4 is 10.5 Å². The van der Waals surface area contributed by atoms with Crippen LogP contribution in [0.25, 0.3) is 0 Å². The molecule has 0 fully saturated rings. The second kappa shape index (κ2) is 5.49. The second-order valence-electron chi connectivity index (χ2n) is 4.47. The van der Waals surface area contributed by atoms with Crippen LogP contribution in [0.3, 0.4) is 0 Å². The Morgan fingerprint density at radius 2 is 2.29 bits per heavy atom. The van der Waals surface area contributed by atoms with E-state index >= 15 is 0 Å². The van der Waals surface area contributed by atoms with Gasteiger partial charge in [-0.3, -0.25) is 0 Å². The molecule has 1 aliphatic rings. The van der Waals surface area contributed by atoms with E-state index in [-0.39, 0.29) is 19.3 Å². The van der Waals surface area contributed by atoms with E-state index in [1.54, 1.807) is 0 Å². The molecule has 2 unspecified atom stereocenters. The molecular weight excluding hydrogens is 218 g/mol. The highest BCUT2D eigenvalue weighted by molar-refractivity contribution is 5.43. The fourth-order valence-electron chi connectivity index (χ4n) is 2.23. The van der Waals surface area contributed by atoms with Crippen LogP contribution >= 0.6 is 0 Å². The van der Waals surface area contributed by atoms with Gasteiger partial charge in [0, 0.05) is 6.04 Å². The third-order valence-electron chi connectivity index (χ3n) is 3.15. The molecular formula is C13H19NO3. The van der Waals surface area contributed by atoms with E-state index in [4.69, 9.17) is 15.6 Å². The normalized spacial score (nSPS) is 20.8. The van der Waals surface area contributed by atoms with Crippen molar-refractivity contribution in [3.05, 3.63) is 29.3 Å². The molecule has 0 heterocycles. The van der Waals surface area contributed by atoms with Gasteiger partial charge in [0.15, 0.2) is 0 Å². The first-order valence-corrected chi connectivity index (χ1v) is 6.01. The maximum Gasteiger partial charge on any atom is 0.122 e. The third-order valence-corrected chi connectivity index (χ3v) is 3.15. The number of fused-ring (bicyclic) bond motifs is 1. The molecule has 4 nitrogen and oxygen atoms in total. The number of aliphatic hydroxyl groups is 2. The summed E-state index contributed by atoms with van der Waals surface area (Å²) in [4.78, 5) is 0. The summed E-state index contributed by atoms with van der Waals surface area (Å²) < 4.78 is 5.54. The molecule has 4 heteroatoms. The Morgan fingerprint density at radius 1 is 1.47 bits per heavy atom. The van der Waals surface area contributed by atoms with Gasteiger partial charge in [-0.2, -0.15) is 0 Å². The zero-order valence-electron chi connectivity index (χ0n) is 9.80. The zero-order chi connectivity index (χ0) is 12.3. The third kappa shape index (κ3) is 2.77. The van der Waals surface area contributed by atoms with E-state index in [0.717, 1.165) is 36.1 Å². The standard InChI is InChI=1S/C13H19NO3/c14-12-5-1-4-11-10(12)3-2-6-13(11)17-8-9(16)7-15/h2-3,6,9,12,15-16H,1,4-5,7-8,14H2. The van der Waals surface area contributed by atoms with Gasteiger partial charge in [-0.05, 0) is 36.5 Å². The molecule has 1 aromatic carbocycles. The SMILES string of the molecule is NC1CCCc2c(OCC(O)CO)cccc21. The van der Waals surface area contributed by atoms with E-state index in [9.17, 15) is 5.11 Å². The van der Waals surface area contributed by atoms with Gasteiger partial charge in [0.2, 0.25) is 0 Å². The lowest BCUT2D eigenvalue weighted by Gasteiger charge is -2.24. The first kappa shape index (κ1) is 12.4. The smallest absolute Gasteiger partial charge is 0.122 e. The molecule has 17 heavy (non-hydrogen) atoms. The number of rotatable bonds is 4. The summed E-state index contributed by atoms with van der Waals surface area (Å²) in [5.41, 5.74) is 8.35. The van der Waals surface area contributed by atoms with E-state index in [0.29, 0.717) is 0 Å². The number of hydrogen-bond acceptors (Lipinski definition) is 4. The predicted octanol–water partition coefficient (Wildman–Crippen LogP) is 0.755. The summed E-state index contributed by atoms with van der Waals surface area (Å²) in [5, 5.41) is 18.0. The largest absolute Gasteiger partial charge is 0.491 e. The number of hydrogen-bond donors (Lipinski definition) is 3. The fourth-order valence-corrected chi connectivity index (χ4v) is 2.23. The van der Waals surface area contributed by atoms with Crippen LogP contribution in [0.4, 0.5) is 0 Å². The highest BCUT2D eigenvalue weighted by Gasteiger charge is 2.20. The van der Waals surface area contributed by atoms with Gasteiger partial charge >= 0.3 is 0 Å². The van der Waals surface area contributed by atoms with Gasteiger partial charge in [0.1, 0.15) is 18.5 Å². The van der Waals surface area contributed by atoms with Crippen molar-refractivity contribution in [2.75, 3.05) is 13.2 Å². The molecule has 0 radical (unpaired) electrons. The van der Waals surface area contributed by atoms with Crippen LogP contribution in [0.2, 0.25) is 0 Å². The maximum absolute atomic E-state index is 9.28. The predicted molar refractivity (Wildman–Crippen MR) is 64.9 cm³/mol. The van der Waals surface area contributed by atoms with E-state index < -0.39 is 6.10 Å². The molecule has 1 aromatic rings. The minimum absolute atomic E-state index is 0.0880. The van der Waals surface area contributed by atoms with Crippen molar-refractivity contribution < 1.29 is 14.9 Å². The number of benzene rings is 1. The van der Waals surface area contributed by atoms with Crippen molar-refractivity contribution in [1.29, 1.82) is 0 Å². The molecule has 0 amide bonds. The Hall–Kier alpha value is -1.10. The lowest BCUT2D eigenvalue weighted by molar-refractivity contribution is 0.0532. The quantitative estimate of drug-likeness (QED) is 0.722. The zero-order valence-corrected chi connectivity index (χ0v) is 9.80. The minimum atomic E-state index is -0.830. The molecule has 4 N–H and O–H groups in total. The molecule has 0 aliphatic heterocycles. The fraction of sp³-hybridized carbons (Fsp3) is 0.538. The first-order valence-electron chi connectivity index (χ1n) is 6.01. The highest BCUT2D eigenvalue weighted by Crippen LogP contribution is 2.33. The topological polar surface area (TPSA) is 75.7 Å². The summed E-state index contributed by atoms with van der Waals surface area (Å²) in [7, 11) is 0. The van der Waals surface area contributed by atoms with Crippen LogP contribution in [-0.2, 0) is 6.42 Å². The Balaban J connectivity index is 2.15. The first-order chi connectivity index (χ1) is 8.22. The molecule has 0 spiro atoms. The monoisotopic (exact) mass is 237 g/mol. The highest BCUT2D eigenvalue weighted by atomic mass is 16.5. The van der Waals surface area contributed by atoms with Gasteiger partial charge in [0.05, 0.1) is 6.61 Å². The van der Waals surface area contributed by atoms with Crippen molar-refractivity contribution in [2.45, 2.75) is 31.4 Å². The molecule has 0 bridgehead atoms. The molecule has 2 rings (SSSR count). The van der Waals surface area contributed by atoms with Crippen molar-refractivity contribution in [1.82, 2.24) is 0 Å². The van der Waals surface area contributed by atoms with Crippen LogP contribution in [0.5, 0.6) is 5.75 Å². The van der Waals surface area contributed by atoms with Gasteiger partial charge in [0.25, 0.3) is 0 Å². The molecule has 2 atom stereocenters. The summed E-state index contributed by atoms with van der Waals surface area (Å²) >= 11 is 0. The van der Waals surface area contributed by atoms with Crippen LogP contribution in [0, 0.1) is 0 Å². The Morgan fingerprint density at radius 3 is 3.06 bits per heavy atom. The van der Waals surface area contributed by atoms with Crippen LogP contribution in [0.1, 0.15) is 30.0 Å². The summed E-state index contributed by atoms with van der Waals surface area (Å²) in [6.45, 7) is -0.170. The van der Waals surface area contributed by atoms with Gasteiger partial charge in [-0.1, -0.05) is 12.1 Å². The molecule has 0 aromatic heterocycles. The minimum Gasteiger partial charge on any atom is -0.491 e. The lowest BCUT2D eigenvalue weighted by atomic mass is 9.87. The van der Waals surface area contributed by atoms with Gasteiger partial charge < -0.3 is 20.7 Å². The second-order valence-corrected chi connectivity index (χ2v) is 4.47. The molecule has 94 valence electrons. The van der Waals surface area contributed by atoms with Gasteiger partial charge in [-0.25, -0.2) is 0 Å². The van der Waals surface area contributed by atoms with Crippen molar-refractivity contribution >= 4 is 0 Å². The summed E-state index contributed by atoms with van der Waals surface area (Å²) in [6.07, 6.45) is 2.21. The molecule has 0 saturated heterocycles. The Bertz CT molecular complexity index is 381. The van der Waals surface area contributed by atoms with Gasteiger partial charge in [-0.15, -0.1) is 0 Å². The van der Waals surface area contributed by atoms with Crippen molar-refractivity contribution in [2.24, 2.45) is 5.73 Å². The van der Waals surface area contributed by atoms with E-state index in [2.05, 4.69) is 0 Å². The Labute approximate surface area is 101 Å². The van der Waals surface area contributed by atoms with Crippen molar-refractivity contribution in [3.8, 4) is 5.75 Å². The number of aliphatic hydroxyl groups excluding tert-OH is 2. The number of nitrogens with two attached hydrogens (primary N) is 1. The van der Waals surface area contributed by atoms with Crippen LogP contribution in [0.15, 0.2) is 18.2 Å². The molecule has 0 saturated carbocycles. The van der Waals surface area contributed by atoms with E-state index in [1.807, 2.05) is 18.2 Å². The van der Waals surface area contributed by atoms with E-state index in [1.165, 1.54) is 0 Å². The lowest BCUT2D eigenvalue weighted by Crippen LogP contribution is -2.23. The maximum atomic E-state index is 9.28. The average Bonchev–Trinajstić information content (AvgIpc) is 2.36. The molecule has 1 aliphatic carbocycles. The number of ether oxygens (including phenoxy) is 1.